The van der Waals surface area contributed by atoms with Crippen LogP contribution in [0.15, 0.2) is 48.7 Å². The summed E-state index contributed by atoms with van der Waals surface area (Å²) in [4.78, 5) is 38.0. The van der Waals surface area contributed by atoms with E-state index in [4.69, 9.17) is 57.4 Å². The second kappa shape index (κ2) is 16.1. The van der Waals surface area contributed by atoms with E-state index in [1.807, 2.05) is 0 Å². The summed E-state index contributed by atoms with van der Waals surface area (Å²) >= 11 is 11.5. The predicted molar refractivity (Wildman–Crippen MR) is 173 cm³/mol. The van der Waals surface area contributed by atoms with Crippen LogP contribution in [0.4, 0.5) is 24.7 Å². The fraction of sp³-hybridized carbons (Fsp3) is 0.172. The number of nitro groups is 1. The first-order valence-corrected chi connectivity index (χ1v) is 14.6. The van der Waals surface area contributed by atoms with Crippen LogP contribution < -0.4 is 34.2 Å². The molecule has 0 aliphatic carbocycles. The normalized spacial score (nSPS) is 10.8. The van der Waals surface area contributed by atoms with Gasteiger partial charge in [0.15, 0.2) is 0 Å². The Morgan fingerprint density at radius 3 is 1.60 bits per heavy atom. The molecule has 3 aromatic heterocycles. The molecule has 0 fully saturated rings. The molecule has 0 bridgehead atoms. The van der Waals surface area contributed by atoms with Gasteiger partial charge in [-0.25, -0.2) is 9.48 Å². The molecule has 0 aliphatic heterocycles. The van der Waals surface area contributed by atoms with E-state index in [1.54, 1.807) is 0 Å². The average Bonchev–Trinajstić information content (AvgIpc) is 3.48. The molecule has 0 spiro atoms. The summed E-state index contributed by atoms with van der Waals surface area (Å²) < 4.78 is 70.1. The highest BCUT2D eigenvalue weighted by Crippen LogP contribution is 2.39. The largest absolute Gasteiger partial charge is 0.481 e. The van der Waals surface area contributed by atoms with Crippen LogP contribution in [0.3, 0.4) is 0 Å². The van der Waals surface area contributed by atoms with Gasteiger partial charge in [-0.3, -0.25) is 10.1 Å². The van der Waals surface area contributed by atoms with Gasteiger partial charge >= 0.3 is 29.9 Å². The van der Waals surface area contributed by atoms with Crippen molar-refractivity contribution in [1.29, 1.82) is 0 Å². The van der Waals surface area contributed by atoms with Crippen LogP contribution in [-0.4, -0.2) is 74.2 Å². The number of nitrogen functional groups attached to an aromatic ring is 1. The molecule has 5 aromatic rings. The summed E-state index contributed by atoms with van der Waals surface area (Å²) in [5.41, 5.74) is 3.47. The number of ether oxygens (including phenoxy) is 6. The molecule has 5 rings (SSSR count). The number of halogens is 5. The van der Waals surface area contributed by atoms with E-state index < -0.39 is 34.1 Å². The number of anilines is 1. The van der Waals surface area contributed by atoms with Gasteiger partial charge in [0, 0.05) is 0 Å². The molecule has 52 heavy (non-hydrogen) atoms. The number of hydrogen-bond acceptors (Lipinski definition) is 15. The quantitative estimate of drug-likeness (QED) is 0.111. The van der Waals surface area contributed by atoms with Crippen LogP contribution >= 0.6 is 23.2 Å². The Morgan fingerprint density at radius 1 is 0.846 bits per heavy atom. The van der Waals surface area contributed by atoms with Crippen LogP contribution in [0, 0.1) is 10.1 Å². The third kappa shape index (κ3) is 8.86. The van der Waals surface area contributed by atoms with Crippen LogP contribution in [-0.2, 0) is 6.18 Å². The maximum atomic E-state index is 12.6. The number of carboxylic acid groups (broad SMARTS) is 1. The monoisotopic (exact) mass is 770 g/mol. The van der Waals surface area contributed by atoms with Crippen molar-refractivity contribution in [2.45, 2.75) is 6.18 Å². The zero-order chi connectivity index (χ0) is 38.3. The van der Waals surface area contributed by atoms with Gasteiger partial charge < -0.3 is 39.3 Å². The van der Waals surface area contributed by atoms with Gasteiger partial charge in [0.05, 0.1) is 61.1 Å². The molecule has 0 radical (unpaired) electrons. The Labute approximate surface area is 299 Å². The molecule has 0 unspecified atom stereocenters. The van der Waals surface area contributed by atoms with Crippen molar-refractivity contribution in [2.24, 2.45) is 0 Å². The molecule has 23 heteroatoms. The lowest BCUT2D eigenvalue weighted by Gasteiger charge is -2.13. The highest BCUT2D eigenvalue weighted by atomic mass is 35.5. The van der Waals surface area contributed by atoms with Crippen molar-refractivity contribution >= 4 is 40.7 Å². The Balaban J connectivity index is 0.000000251. The SMILES string of the molecule is COc1cc(OC)nc(Oc2cccc(Oc3nc(OC)cc(OC)n3)c2C(=O)O)n1.Nc1c([N+](=O)[O-])cnn1-c1c(Cl)cc(C(F)(F)F)cc1Cl. The average molecular weight is 771 g/mol. The maximum Gasteiger partial charge on any atom is 0.416 e. The van der Waals surface area contributed by atoms with E-state index in [0.717, 1.165) is 10.9 Å². The van der Waals surface area contributed by atoms with Gasteiger partial charge in [0.1, 0.15) is 28.9 Å². The van der Waals surface area contributed by atoms with Gasteiger partial charge in [0.25, 0.3) is 0 Å². The minimum absolute atomic E-state index is 0.0878. The number of nitrogens with zero attached hydrogens (tertiary/aromatic N) is 7. The van der Waals surface area contributed by atoms with E-state index in [1.165, 1.54) is 58.8 Å². The number of benzene rings is 2. The number of rotatable bonds is 11. The third-order valence-electron chi connectivity index (χ3n) is 6.30. The van der Waals surface area contributed by atoms with E-state index >= 15 is 0 Å². The van der Waals surface area contributed by atoms with Gasteiger partial charge in [-0.15, -0.1) is 0 Å². The summed E-state index contributed by atoms with van der Waals surface area (Å²) in [7, 11) is 5.63. The molecule has 0 saturated carbocycles. The zero-order valence-electron chi connectivity index (χ0n) is 26.8. The van der Waals surface area contributed by atoms with Gasteiger partial charge in [-0.2, -0.15) is 38.2 Å². The molecule has 18 nitrogen and oxygen atoms in total. The highest BCUT2D eigenvalue weighted by molar-refractivity contribution is 6.38. The van der Waals surface area contributed by atoms with Crippen LogP contribution in [0.5, 0.6) is 47.0 Å². The number of alkyl halides is 3. The van der Waals surface area contributed by atoms with E-state index in [-0.39, 0.29) is 68.3 Å². The lowest BCUT2D eigenvalue weighted by Crippen LogP contribution is -2.08. The number of carboxylic acids is 1. The lowest BCUT2D eigenvalue weighted by molar-refractivity contribution is -0.383. The Morgan fingerprint density at radius 2 is 1.27 bits per heavy atom. The number of carbonyl (C=O) groups is 1. The number of aromatic carboxylic acids is 1. The Hall–Kier alpha value is -6.35. The lowest BCUT2D eigenvalue weighted by atomic mass is 10.2. The number of nitrogens with two attached hydrogens (primary N) is 1. The van der Waals surface area contributed by atoms with Crippen LogP contribution in [0.1, 0.15) is 15.9 Å². The van der Waals surface area contributed by atoms with E-state index in [0.29, 0.717) is 12.1 Å². The highest BCUT2D eigenvalue weighted by Gasteiger charge is 2.33. The maximum absolute atomic E-state index is 12.6. The predicted octanol–water partition coefficient (Wildman–Crippen LogP) is 6.27. The van der Waals surface area contributed by atoms with E-state index in [9.17, 15) is 33.2 Å². The van der Waals surface area contributed by atoms with Crippen molar-refractivity contribution in [1.82, 2.24) is 29.7 Å². The number of methoxy groups -OCH3 is 4. The molecular formula is C29H23Cl2F3N8O10. The molecule has 274 valence electrons. The third-order valence-corrected chi connectivity index (χ3v) is 6.87. The molecule has 0 aliphatic rings. The van der Waals surface area contributed by atoms with Crippen LogP contribution in [0.2, 0.25) is 10.0 Å². The molecule has 0 amide bonds. The zero-order valence-corrected chi connectivity index (χ0v) is 28.3. The van der Waals surface area contributed by atoms with Gasteiger partial charge in [-0.05, 0) is 24.3 Å². The Bertz CT molecular complexity index is 1980. The molecular weight excluding hydrogens is 748 g/mol. The minimum Gasteiger partial charge on any atom is -0.481 e. The summed E-state index contributed by atoms with van der Waals surface area (Å²) in [6, 6.07) is 8.13. The number of hydrogen-bond donors (Lipinski definition) is 2. The second-order valence-electron chi connectivity index (χ2n) is 9.48. The standard InChI is InChI=1S/C19H18N4O8.C10H5Cl2F3N4O2/c1-26-12-8-13(27-2)21-18(20-12)30-10-6-5-7-11(16(10)17(24)25)31-19-22-14(28-3)9-15(23-19)29-4;11-5-1-4(10(13,14)15)2-6(12)8(5)18-9(16)7(3-17-18)19(20)21/h5-9H,1-4H3,(H,24,25);1-3H,16H2. The van der Waals surface area contributed by atoms with Crippen molar-refractivity contribution in [3.63, 3.8) is 0 Å². The van der Waals surface area contributed by atoms with Crippen molar-refractivity contribution in [2.75, 3.05) is 34.2 Å². The first-order valence-electron chi connectivity index (χ1n) is 13.8. The van der Waals surface area contributed by atoms with Crippen molar-refractivity contribution < 1.29 is 56.4 Å². The minimum atomic E-state index is -4.63. The summed E-state index contributed by atoms with van der Waals surface area (Å²) in [5, 5.41) is 23.3. The number of aromatic nitrogens is 6. The summed E-state index contributed by atoms with van der Waals surface area (Å²) in [6.45, 7) is 0. The topological polar surface area (TPSA) is 231 Å². The molecule has 0 atom stereocenters. The van der Waals surface area contributed by atoms with Crippen molar-refractivity contribution in [3.8, 4) is 52.7 Å². The molecule has 2 aromatic carbocycles. The Kier molecular flexibility index (Phi) is 11.9. The molecule has 3 heterocycles. The second-order valence-corrected chi connectivity index (χ2v) is 10.3. The van der Waals surface area contributed by atoms with Gasteiger partial charge in [0.2, 0.25) is 29.3 Å². The smallest absolute Gasteiger partial charge is 0.416 e. The fourth-order valence-electron chi connectivity index (χ4n) is 3.97. The van der Waals surface area contributed by atoms with E-state index in [2.05, 4.69) is 25.0 Å². The van der Waals surface area contributed by atoms with Gasteiger partial charge in [-0.1, -0.05) is 29.3 Å². The fourth-order valence-corrected chi connectivity index (χ4v) is 4.61. The molecule has 0 saturated heterocycles. The van der Waals surface area contributed by atoms with Crippen molar-refractivity contribution in [3.05, 3.63) is 79.9 Å². The first-order chi connectivity index (χ1) is 24.6. The summed E-state index contributed by atoms with van der Waals surface area (Å²) in [5.74, 6) is -1.22. The summed E-state index contributed by atoms with van der Waals surface area (Å²) in [6.07, 6.45) is -3.78. The first kappa shape index (κ1) is 38.5. The molecule has 3 N–H and O–H groups in total. The van der Waals surface area contributed by atoms with Crippen LogP contribution in [0.25, 0.3) is 5.69 Å².